The van der Waals surface area contributed by atoms with Gasteiger partial charge in [0.25, 0.3) is 0 Å². The number of hydrogen-bond donors (Lipinski definition) is 2. The second-order valence-electron chi connectivity index (χ2n) is 3.18. The van der Waals surface area contributed by atoms with Crippen molar-refractivity contribution in [2.24, 2.45) is 11.5 Å². The zero-order valence-corrected chi connectivity index (χ0v) is 9.53. The summed E-state index contributed by atoms with van der Waals surface area (Å²) in [6, 6.07) is 7.05. The molecular formula is C10H11BrN2O2. The first-order valence-electron chi connectivity index (χ1n) is 4.34. The molecule has 0 saturated heterocycles. The standard InChI is InChI=1S/C10H11BrN2O2/c11-7-3-1-6(2-4-7)8(10(13)15)5-9(12)14/h1-4,8H,5H2,(H2,12,14)(H2,13,15)/t8-/m0/s1. The SMILES string of the molecule is NC(=O)C[C@H](C(N)=O)c1ccc(Br)cc1. The van der Waals surface area contributed by atoms with Gasteiger partial charge in [0.15, 0.2) is 0 Å². The quantitative estimate of drug-likeness (QED) is 0.852. The minimum absolute atomic E-state index is 0.0586. The third kappa shape index (κ3) is 3.36. The highest BCUT2D eigenvalue weighted by Crippen LogP contribution is 2.21. The first-order chi connectivity index (χ1) is 7.00. The van der Waals surface area contributed by atoms with E-state index in [-0.39, 0.29) is 6.42 Å². The Labute approximate surface area is 95.8 Å². The van der Waals surface area contributed by atoms with E-state index in [0.717, 1.165) is 4.47 Å². The molecule has 0 aromatic heterocycles. The van der Waals surface area contributed by atoms with Gasteiger partial charge in [0, 0.05) is 10.9 Å². The summed E-state index contributed by atoms with van der Waals surface area (Å²) in [5.74, 6) is -1.73. The van der Waals surface area contributed by atoms with Crippen molar-refractivity contribution in [3.05, 3.63) is 34.3 Å². The Balaban J connectivity index is 2.94. The van der Waals surface area contributed by atoms with Crippen molar-refractivity contribution in [3.63, 3.8) is 0 Å². The predicted octanol–water partition coefficient (Wildman–Crippen LogP) is 0.893. The molecule has 0 unspecified atom stereocenters. The molecule has 0 aliphatic rings. The van der Waals surface area contributed by atoms with Crippen LogP contribution >= 0.6 is 15.9 Å². The normalized spacial score (nSPS) is 12.1. The van der Waals surface area contributed by atoms with Crippen LogP contribution in [-0.4, -0.2) is 11.8 Å². The zero-order chi connectivity index (χ0) is 11.4. The molecule has 15 heavy (non-hydrogen) atoms. The minimum atomic E-state index is -0.643. The maximum absolute atomic E-state index is 11.1. The fourth-order valence-corrected chi connectivity index (χ4v) is 1.54. The van der Waals surface area contributed by atoms with E-state index in [2.05, 4.69) is 15.9 Å². The van der Waals surface area contributed by atoms with Crippen molar-refractivity contribution in [1.82, 2.24) is 0 Å². The van der Waals surface area contributed by atoms with Crippen LogP contribution in [0.3, 0.4) is 0 Å². The summed E-state index contributed by atoms with van der Waals surface area (Å²) in [7, 11) is 0. The second-order valence-corrected chi connectivity index (χ2v) is 4.09. The van der Waals surface area contributed by atoms with Crippen LogP contribution in [0, 0.1) is 0 Å². The Morgan fingerprint density at radius 1 is 1.20 bits per heavy atom. The number of amides is 2. The fourth-order valence-electron chi connectivity index (χ4n) is 1.28. The van der Waals surface area contributed by atoms with Gasteiger partial charge < -0.3 is 11.5 Å². The Hall–Kier alpha value is -1.36. The topological polar surface area (TPSA) is 86.2 Å². The van der Waals surface area contributed by atoms with Gasteiger partial charge >= 0.3 is 0 Å². The van der Waals surface area contributed by atoms with Gasteiger partial charge in [0.1, 0.15) is 0 Å². The molecule has 4 N–H and O–H groups in total. The van der Waals surface area contributed by atoms with Crippen molar-refractivity contribution < 1.29 is 9.59 Å². The molecule has 0 fully saturated rings. The summed E-state index contributed by atoms with van der Waals surface area (Å²) in [4.78, 5) is 21.9. The Morgan fingerprint density at radius 2 is 1.73 bits per heavy atom. The lowest BCUT2D eigenvalue weighted by Crippen LogP contribution is -2.26. The van der Waals surface area contributed by atoms with Gasteiger partial charge in [-0.15, -0.1) is 0 Å². The van der Waals surface area contributed by atoms with E-state index >= 15 is 0 Å². The molecule has 0 radical (unpaired) electrons. The average molecular weight is 271 g/mol. The number of nitrogens with two attached hydrogens (primary N) is 2. The summed E-state index contributed by atoms with van der Waals surface area (Å²) in [5, 5.41) is 0. The van der Waals surface area contributed by atoms with E-state index in [9.17, 15) is 9.59 Å². The highest BCUT2D eigenvalue weighted by Gasteiger charge is 2.19. The minimum Gasteiger partial charge on any atom is -0.370 e. The Kier molecular flexibility index (Phi) is 3.85. The van der Waals surface area contributed by atoms with Crippen LogP contribution < -0.4 is 11.5 Å². The van der Waals surface area contributed by atoms with Gasteiger partial charge in [-0.2, -0.15) is 0 Å². The van der Waals surface area contributed by atoms with Gasteiger partial charge in [0.05, 0.1) is 5.92 Å². The summed E-state index contributed by atoms with van der Waals surface area (Å²) in [6.07, 6.45) is -0.0586. The van der Waals surface area contributed by atoms with Gasteiger partial charge in [-0.05, 0) is 17.7 Å². The van der Waals surface area contributed by atoms with Crippen LogP contribution in [0.5, 0.6) is 0 Å². The molecule has 1 aromatic rings. The third-order valence-corrected chi connectivity index (χ3v) is 2.55. The number of primary amides is 2. The molecule has 1 rings (SSSR count). The molecule has 0 saturated carbocycles. The van der Waals surface area contributed by atoms with E-state index in [0.29, 0.717) is 5.56 Å². The molecule has 0 aliphatic heterocycles. The zero-order valence-electron chi connectivity index (χ0n) is 7.94. The lowest BCUT2D eigenvalue weighted by atomic mass is 9.95. The monoisotopic (exact) mass is 270 g/mol. The van der Waals surface area contributed by atoms with Gasteiger partial charge in [-0.25, -0.2) is 0 Å². The molecule has 1 aromatic carbocycles. The molecule has 4 nitrogen and oxygen atoms in total. The number of carbonyl (C=O) groups excluding carboxylic acids is 2. The number of benzene rings is 1. The van der Waals surface area contributed by atoms with E-state index < -0.39 is 17.7 Å². The number of hydrogen-bond acceptors (Lipinski definition) is 2. The maximum Gasteiger partial charge on any atom is 0.225 e. The number of carbonyl (C=O) groups is 2. The lowest BCUT2D eigenvalue weighted by molar-refractivity contribution is -0.124. The number of rotatable bonds is 4. The molecule has 0 heterocycles. The smallest absolute Gasteiger partial charge is 0.225 e. The molecule has 5 heteroatoms. The summed E-state index contributed by atoms with van der Waals surface area (Å²) in [5.41, 5.74) is 10.9. The first-order valence-corrected chi connectivity index (χ1v) is 5.13. The third-order valence-electron chi connectivity index (χ3n) is 2.02. The maximum atomic E-state index is 11.1. The predicted molar refractivity (Wildman–Crippen MR) is 59.9 cm³/mol. The molecular weight excluding hydrogens is 260 g/mol. The largest absolute Gasteiger partial charge is 0.370 e. The van der Waals surface area contributed by atoms with E-state index in [4.69, 9.17) is 11.5 Å². The van der Waals surface area contributed by atoms with E-state index in [1.165, 1.54) is 0 Å². The highest BCUT2D eigenvalue weighted by atomic mass is 79.9. The van der Waals surface area contributed by atoms with Crippen LogP contribution in [0.15, 0.2) is 28.7 Å². The highest BCUT2D eigenvalue weighted by molar-refractivity contribution is 9.10. The van der Waals surface area contributed by atoms with E-state index in [1.807, 2.05) is 0 Å². The van der Waals surface area contributed by atoms with Gasteiger partial charge in [-0.3, -0.25) is 9.59 Å². The number of halogens is 1. The van der Waals surface area contributed by atoms with E-state index in [1.54, 1.807) is 24.3 Å². The van der Waals surface area contributed by atoms with Crippen LogP contribution in [0.1, 0.15) is 17.9 Å². The molecule has 0 bridgehead atoms. The summed E-state index contributed by atoms with van der Waals surface area (Å²) in [6.45, 7) is 0. The van der Waals surface area contributed by atoms with Crippen molar-refractivity contribution >= 4 is 27.7 Å². The van der Waals surface area contributed by atoms with Crippen molar-refractivity contribution in [2.75, 3.05) is 0 Å². The first kappa shape index (κ1) is 11.7. The lowest BCUT2D eigenvalue weighted by Gasteiger charge is -2.11. The van der Waals surface area contributed by atoms with Crippen molar-refractivity contribution in [3.8, 4) is 0 Å². The van der Waals surface area contributed by atoms with Crippen LogP contribution in [-0.2, 0) is 9.59 Å². The molecule has 0 spiro atoms. The molecule has 1 atom stereocenters. The Bertz CT molecular complexity index is 376. The van der Waals surface area contributed by atoms with Crippen LogP contribution in [0.25, 0.3) is 0 Å². The van der Waals surface area contributed by atoms with Gasteiger partial charge in [-0.1, -0.05) is 28.1 Å². The summed E-state index contributed by atoms with van der Waals surface area (Å²) < 4.78 is 0.897. The van der Waals surface area contributed by atoms with Crippen molar-refractivity contribution in [1.29, 1.82) is 0 Å². The molecule has 80 valence electrons. The van der Waals surface area contributed by atoms with Crippen molar-refractivity contribution in [2.45, 2.75) is 12.3 Å². The van der Waals surface area contributed by atoms with Crippen LogP contribution in [0.4, 0.5) is 0 Å². The van der Waals surface area contributed by atoms with Gasteiger partial charge in [0.2, 0.25) is 11.8 Å². The summed E-state index contributed by atoms with van der Waals surface area (Å²) >= 11 is 3.27. The average Bonchev–Trinajstić information content (AvgIpc) is 2.15. The van der Waals surface area contributed by atoms with Crippen LogP contribution in [0.2, 0.25) is 0 Å². The molecule has 0 aliphatic carbocycles. The Morgan fingerprint density at radius 3 is 2.13 bits per heavy atom. The molecule has 2 amide bonds. The fraction of sp³-hybridized carbons (Fsp3) is 0.200. The second kappa shape index (κ2) is 4.93.